The molecule has 0 bridgehead atoms. The van der Waals surface area contributed by atoms with Crippen molar-refractivity contribution in [3.63, 3.8) is 0 Å². The highest BCUT2D eigenvalue weighted by Gasteiger charge is 2.26. The number of hydrogen-bond donors (Lipinski definition) is 1. The summed E-state index contributed by atoms with van der Waals surface area (Å²) in [6.07, 6.45) is 0.632. The van der Waals surface area contributed by atoms with Crippen LogP contribution in [0.15, 0.2) is 18.2 Å². The maximum atomic E-state index is 12.1. The Morgan fingerprint density at radius 2 is 1.96 bits per heavy atom. The van der Waals surface area contributed by atoms with Gasteiger partial charge in [-0.05, 0) is 38.8 Å². The molecule has 2 aliphatic rings. The first-order chi connectivity index (χ1) is 11.3. The number of piperazine rings is 1. The lowest BCUT2D eigenvalue weighted by atomic mass is 10.0. The molecule has 1 atom stereocenters. The van der Waals surface area contributed by atoms with Gasteiger partial charge in [0.25, 0.3) is 0 Å². The zero-order chi connectivity index (χ0) is 17.3. The van der Waals surface area contributed by atoms with Crippen LogP contribution in [0.4, 0.5) is 10.5 Å². The second kappa shape index (κ2) is 6.51. The van der Waals surface area contributed by atoms with Gasteiger partial charge in [0.15, 0.2) is 0 Å². The highest BCUT2D eigenvalue weighted by molar-refractivity contribution is 5.68. The Hall–Kier alpha value is -1.95. The van der Waals surface area contributed by atoms with Crippen LogP contribution < -0.4 is 15.4 Å². The molecule has 1 saturated heterocycles. The Balaban J connectivity index is 1.60. The topological polar surface area (TPSA) is 68.0 Å². The van der Waals surface area contributed by atoms with Gasteiger partial charge in [-0.15, -0.1) is 0 Å². The molecule has 6 nitrogen and oxygen atoms in total. The van der Waals surface area contributed by atoms with Crippen LogP contribution >= 0.6 is 0 Å². The number of benzene rings is 1. The standard InChI is InChI=1S/C18H27N3O3/c1-18(2,3)24-17(22)21-8-6-20(7-9-21)15-5-4-13-10-14(19)12-23-16(13)11-15/h4-5,11,14H,6-10,12,19H2,1-3H3. The molecule has 0 aromatic heterocycles. The summed E-state index contributed by atoms with van der Waals surface area (Å²) in [5.74, 6) is 0.934. The van der Waals surface area contributed by atoms with E-state index in [9.17, 15) is 4.79 Å². The van der Waals surface area contributed by atoms with Gasteiger partial charge in [-0.25, -0.2) is 4.79 Å². The van der Waals surface area contributed by atoms with Crippen molar-refractivity contribution < 1.29 is 14.3 Å². The third-order valence-electron chi connectivity index (χ3n) is 4.28. The maximum Gasteiger partial charge on any atom is 0.410 e. The first kappa shape index (κ1) is 16.9. The Kier molecular flexibility index (Phi) is 4.58. The number of hydrogen-bond acceptors (Lipinski definition) is 5. The molecule has 3 rings (SSSR count). The molecule has 1 unspecified atom stereocenters. The zero-order valence-corrected chi connectivity index (χ0v) is 14.7. The molecule has 6 heteroatoms. The zero-order valence-electron chi connectivity index (χ0n) is 14.7. The lowest BCUT2D eigenvalue weighted by Gasteiger charge is -2.37. The molecule has 2 N–H and O–H groups in total. The third kappa shape index (κ3) is 3.93. The minimum absolute atomic E-state index is 0.0840. The monoisotopic (exact) mass is 333 g/mol. The van der Waals surface area contributed by atoms with Crippen molar-refractivity contribution in [2.75, 3.05) is 37.7 Å². The number of amides is 1. The summed E-state index contributed by atoms with van der Waals surface area (Å²) < 4.78 is 11.2. The van der Waals surface area contributed by atoms with Crippen LogP contribution in [0.25, 0.3) is 0 Å². The van der Waals surface area contributed by atoms with Crippen LogP contribution in [0.3, 0.4) is 0 Å². The summed E-state index contributed by atoms with van der Waals surface area (Å²) in [7, 11) is 0. The van der Waals surface area contributed by atoms with Crippen molar-refractivity contribution in [3.05, 3.63) is 23.8 Å². The van der Waals surface area contributed by atoms with E-state index < -0.39 is 5.60 Å². The molecule has 1 aromatic carbocycles. The van der Waals surface area contributed by atoms with E-state index >= 15 is 0 Å². The number of nitrogens with two attached hydrogens (primary N) is 1. The van der Waals surface area contributed by atoms with E-state index in [4.69, 9.17) is 15.2 Å². The molecule has 0 radical (unpaired) electrons. The van der Waals surface area contributed by atoms with Gasteiger partial charge in [0.05, 0.1) is 0 Å². The maximum absolute atomic E-state index is 12.1. The largest absolute Gasteiger partial charge is 0.492 e. The molecule has 1 amide bonds. The highest BCUT2D eigenvalue weighted by atomic mass is 16.6. The summed E-state index contributed by atoms with van der Waals surface area (Å²) in [4.78, 5) is 16.2. The Morgan fingerprint density at radius 1 is 1.25 bits per heavy atom. The summed E-state index contributed by atoms with van der Waals surface area (Å²) in [5, 5.41) is 0. The van der Waals surface area contributed by atoms with Gasteiger partial charge in [-0.2, -0.15) is 0 Å². The fraction of sp³-hybridized carbons (Fsp3) is 0.611. The van der Waals surface area contributed by atoms with Crippen LogP contribution in [0.5, 0.6) is 5.75 Å². The van der Waals surface area contributed by atoms with Crippen molar-refractivity contribution in [2.45, 2.75) is 38.8 Å². The number of anilines is 1. The van der Waals surface area contributed by atoms with E-state index in [-0.39, 0.29) is 12.1 Å². The Bertz CT molecular complexity index is 604. The predicted octanol–water partition coefficient (Wildman–Crippen LogP) is 2.01. The first-order valence-corrected chi connectivity index (χ1v) is 8.56. The van der Waals surface area contributed by atoms with Crippen molar-refractivity contribution in [3.8, 4) is 5.75 Å². The van der Waals surface area contributed by atoms with Gasteiger partial charge in [0.2, 0.25) is 0 Å². The third-order valence-corrected chi connectivity index (χ3v) is 4.28. The Morgan fingerprint density at radius 3 is 2.62 bits per heavy atom. The lowest BCUT2D eigenvalue weighted by Crippen LogP contribution is -2.50. The van der Waals surface area contributed by atoms with Gasteiger partial charge < -0.3 is 25.0 Å². The van der Waals surface area contributed by atoms with Crippen LogP contribution in [-0.4, -0.2) is 55.4 Å². The Labute approximate surface area is 143 Å². The second-order valence-corrected chi connectivity index (χ2v) is 7.52. The lowest BCUT2D eigenvalue weighted by molar-refractivity contribution is 0.0240. The van der Waals surface area contributed by atoms with Gasteiger partial charge >= 0.3 is 6.09 Å². The van der Waals surface area contributed by atoms with Crippen LogP contribution in [0.1, 0.15) is 26.3 Å². The van der Waals surface area contributed by atoms with Gasteiger partial charge in [0.1, 0.15) is 18.0 Å². The number of rotatable bonds is 1. The molecule has 0 saturated carbocycles. The molecule has 1 fully saturated rings. The van der Waals surface area contributed by atoms with E-state index in [2.05, 4.69) is 23.1 Å². The quantitative estimate of drug-likeness (QED) is 0.851. The summed E-state index contributed by atoms with van der Waals surface area (Å²) >= 11 is 0. The van der Waals surface area contributed by atoms with E-state index in [1.807, 2.05) is 20.8 Å². The highest BCUT2D eigenvalue weighted by Crippen LogP contribution is 2.30. The molecule has 132 valence electrons. The van der Waals surface area contributed by atoms with E-state index in [0.717, 1.165) is 30.9 Å². The van der Waals surface area contributed by atoms with E-state index in [1.54, 1.807) is 4.90 Å². The average Bonchev–Trinajstić information content (AvgIpc) is 2.53. The molecular weight excluding hydrogens is 306 g/mol. The summed E-state index contributed by atoms with van der Waals surface area (Å²) in [6, 6.07) is 6.39. The molecular formula is C18H27N3O3. The van der Waals surface area contributed by atoms with Gasteiger partial charge in [0, 0.05) is 44.0 Å². The van der Waals surface area contributed by atoms with Crippen molar-refractivity contribution in [1.29, 1.82) is 0 Å². The van der Waals surface area contributed by atoms with E-state index in [1.165, 1.54) is 5.56 Å². The number of ether oxygens (including phenoxy) is 2. The molecule has 0 aliphatic carbocycles. The molecule has 2 aliphatic heterocycles. The smallest absolute Gasteiger partial charge is 0.410 e. The van der Waals surface area contributed by atoms with Crippen molar-refractivity contribution in [1.82, 2.24) is 4.90 Å². The van der Waals surface area contributed by atoms with Gasteiger partial charge in [-0.1, -0.05) is 6.07 Å². The second-order valence-electron chi connectivity index (χ2n) is 7.52. The van der Waals surface area contributed by atoms with Crippen molar-refractivity contribution >= 4 is 11.8 Å². The minimum Gasteiger partial charge on any atom is -0.492 e. The fourth-order valence-corrected chi connectivity index (χ4v) is 3.05. The SMILES string of the molecule is CC(C)(C)OC(=O)N1CCN(c2ccc3c(c2)OCC(N)C3)CC1. The molecule has 1 aromatic rings. The molecule has 24 heavy (non-hydrogen) atoms. The average molecular weight is 333 g/mol. The number of carbonyl (C=O) groups excluding carboxylic acids is 1. The molecule has 0 spiro atoms. The van der Waals surface area contributed by atoms with Crippen LogP contribution in [-0.2, 0) is 11.2 Å². The first-order valence-electron chi connectivity index (χ1n) is 8.56. The minimum atomic E-state index is -0.453. The molecule has 2 heterocycles. The van der Waals surface area contributed by atoms with Crippen LogP contribution in [0, 0.1) is 0 Å². The summed E-state index contributed by atoms with van der Waals surface area (Å²) in [5.41, 5.74) is 7.78. The fourth-order valence-electron chi connectivity index (χ4n) is 3.05. The van der Waals surface area contributed by atoms with Gasteiger partial charge in [-0.3, -0.25) is 0 Å². The normalized spacial score (nSPS) is 21.1. The van der Waals surface area contributed by atoms with E-state index in [0.29, 0.717) is 19.7 Å². The van der Waals surface area contributed by atoms with Crippen LogP contribution in [0.2, 0.25) is 0 Å². The number of nitrogens with zero attached hydrogens (tertiary/aromatic N) is 2. The summed E-state index contributed by atoms with van der Waals surface area (Å²) in [6.45, 7) is 9.15. The number of carbonyl (C=O) groups is 1. The number of fused-ring (bicyclic) bond motifs is 1. The predicted molar refractivity (Wildman–Crippen MR) is 93.6 cm³/mol. The van der Waals surface area contributed by atoms with Crippen molar-refractivity contribution in [2.24, 2.45) is 5.73 Å².